The summed E-state index contributed by atoms with van der Waals surface area (Å²) in [5, 5.41) is 1.09. The van der Waals surface area contributed by atoms with Gasteiger partial charge in [0.15, 0.2) is 0 Å². The standard InChI is InChI=1S/C14H15BN2O4/c1-16-6-5-10-3-4-11(7-12(10)16)15-17(2,8-13(18)20-15)9-14(19)21-15/h3-7H,8-9H2,1-2H3. The van der Waals surface area contributed by atoms with Gasteiger partial charge in [0.05, 0.1) is 0 Å². The number of carbonyl (C=O) groups is 2. The second kappa shape index (κ2) is 3.68. The molecule has 3 heterocycles. The average Bonchev–Trinajstić information content (AvgIpc) is 2.96. The van der Waals surface area contributed by atoms with Crippen LogP contribution in [0.25, 0.3) is 10.9 Å². The highest BCUT2D eigenvalue weighted by Crippen LogP contribution is 2.33. The monoisotopic (exact) mass is 286 g/mol. The first-order valence-electron chi connectivity index (χ1n) is 6.91. The Labute approximate surface area is 121 Å². The van der Waals surface area contributed by atoms with E-state index < -0.39 is 6.69 Å². The maximum absolute atomic E-state index is 11.8. The summed E-state index contributed by atoms with van der Waals surface area (Å²) in [7, 11) is 3.79. The summed E-state index contributed by atoms with van der Waals surface area (Å²) in [6.45, 7) is -1.81. The Morgan fingerprint density at radius 2 is 1.81 bits per heavy atom. The number of nitrogens with zero attached hydrogens (tertiary/aromatic N) is 2. The van der Waals surface area contributed by atoms with Crippen molar-refractivity contribution < 1.29 is 23.3 Å². The highest BCUT2D eigenvalue weighted by atomic mass is 16.7. The van der Waals surface area contributed by atoms with Crippen molar-refractivity contribution >= 4 is 35.0 Å². The number of fused-ring (bicyclic) bond motifs is 2. The first kappa shape index (κ1) is 12.5. The van der Waals surface area contributed by atoms with Crippen LogP contribution in [0.2, 0.25) is 0 Å². The molecule has 1 aromatic heterocycles. The van der Waals surface area contributed by atoms with Crippen molar-refractivity contribution in [3.8, 4) is 0 Å². The molecule has 0 radical (unpaired) electrons. The number of benzene rings is 1. The topological polar surface area (TPSA) is 57.5 Å². The minimum Gasteiger partial charge on any atom is -0.596 e. The Bertz CT molecular complexity index is 777. The second-order valence-corrected chi connectivity index (χ2v) is 6.19. The van der Waals surface area contributed by atoms with Gasteiger partial charge in [0.1, 0.15) is 13.1 Å². The fourth-order valence-electron chi connectivity index (χ4n) is 3.60. The third-order valence-electron chi connectivity index (χ3n) is 4.72. The van der Waals surface area contributed by atoms with Gasteiger partial charge in [0.2, 0.25) is 0 Å². The fourth-order valence-corrected chi connectivity index (χ4v) is 3.60. The Hall–Kier alpha value is -2.28. The van der Waals surface area contributed by atoms with Crippen LogP contribution in [-0.2, 0) is 25.9 Å². The van der Waals surface area contributed by atoms with E-state index in [1.165, 1.54) is 0 Å². The first-order valence-corrected chi connectivity index (χ1v) is 6.91. The zero-order chi connectivity index (χ0) is 14.8. The molecule has 2 aliphatic heterocycles. The molecule has 0 saturated carbocycles. The number of hydrogen-bond acceptors (Lipinski definition) is 4. The molecule has 0 unspecified atom stereocenters. The maximum atomic E-state index is 11.8. The van der Waals surface area contributed by atoms with Gasteiger partial charge in [-0.15, -0.1) is 0 Å². The van der Waals surface area contributed by atoms with E-state index in [9.17, 15) is 9.59 Å². The molecule has 6 nitrogen and oxygen atoms in total. The molecule has 2 aromatic rings. The second-order valence-electron chi connectivity index (χ2n) is 6.19. The van der Waals surface area contributed by atoms with Crippen LogP contribution in [0.1, 0.15) is 0 Å². The number of aryl methyl sites for hydroxylation is 1. The van der Waals surface area contributed by atoms with Crippen LogP contribution in [0.3, 0.4) is 0 Å². The summed E-state index contributed by atoms with van der Waals surface area (Å²) in [4.78, 5) is 23.6. The summed E-state index contributed by atoms with van der Waals surface area (Å²) in [6, 6.07) is 7.81. The van der Waals surface area contributed by atoms with E-state index in [0.717, 1.165) is 16.4 Å². The molecule has 7 heteroatoms. The molecule has 2 fully saturated rings. The van der Waals surface area contributed by atoms with Gasteiger partial charge in [-0.25, -0.2) is 0 Å². The van der Waals surface area contributed by atoms with Crippen molar-refractivity contribution in [2.45, 2.75) is 0 Å². The Balaban J connectivity index is 1.94. The molecule has 0 amide bonds. The number of likely N-dealkylation sites (N-methyl/N-ethyl adjacent to an activating group) is 1. The molecule has 0 spiro atoms. The van der Waals surface area contributed by atoms with Gasteiger partial charge in [0, 0.05) is 25.8 Å². The zero-order valence-corrected chi connectivity index (χ0v) is 11.9. The van der Waals surface area contributed by atoms with Crippen molar-refractivity contribution in [1.29, 1.82) is 0 Å². The van der Waals surface area contributed by atoms with E-state index in [4.69, 9.17) is 9.31 Å². The highest BCUT2D eigenvalue weighted by molar-refractivity contribution is 6.79. The van der Waals surface area contributed by atoms with E-state index in [0.29, 0.717) is 0 Å². The number of hydrogen-bond donors (Lipinski definition) is 0. The third kappa shape index (κ3) is 1.46. The quantitative estimate of drug-likeness (QED) is 0.686. The van der Waals surface area contributed by atoms with E-state index in [2.05, 4.69) is 0 Å². The Kier molecular flexibility index (Phi) is 2.18. The molecule has 2 aliphatic rings. The molecule has 0 N–H and O–H groups in total. The van der Waals surface area contributed by atoms with Gasteiger partial charge >= 0.3 is 18.6 Å². The zero-order valence-electron chi connectivity index (χ0n) is 11.9. The lowest BCUT2D eigenvalue weighted by atomic mass is 9.61. The molecular weight excluding hydrogens is 271 g/mol. The van der Waals surface area contributed by atoms with E-state index in [1.54, 1.807) is 0 Å². The van der Waals surface area contributed by atoms with Crippen LogP contribution in [0, 0.1) is 0 Å². The van der Waals surface area contributed by atoms with E-state index >= 15 is 0 Å². The predicted molar refractivity (Wildman–Crippen MR) is 76.4 cm³/mol. The van der Waals surface area contributed by atoms with Crippen LogP contribution in [0.15, 0.2) is 30.5 Å². The molecule has 1 aromatic carbocycles. The third-order valence-corrected chi connectivity index (χ3v) is 4.72. The highest BCUT2D eigenvalue weighted by Gasteiger charge is 2.66. The molecule has 0 atom stereocenters. The lowest BCUT2D eigenvalue weighted by Gasteiger charge is -2.40. The van der Waals surface area contributed by atoms with E-state index in [-0.39, 0.29) is 29.4 Å². The van der Waals surface area contributed by atoms with Crippen molar-refractivity contribution in [1.82, 2.24) is 4.57 Å². The summed E-state index contributed by atoms with van der Waals surface area (Å²) >= 11 is 0. The largest absolute Gasteiger partial charge is 0.614 e. The minimum atomic E-state index is -2.14. The molecule has 0 bridgehead atoms. The minimum absolute atomic E-state index is 0.164. The Morgan fingerprint density at radius 3 is 2.48 bits per heavy atom. The molecule has 0 aliphatic carbocycles. The Morgan fingerprint density at radius 1 is 1.14 bits per heavy atom. The summed E-state index contributed by atoms with van der Waals surface area (Å²) in [5.41, 5.74) is 1.77. The molecule has 4 rings (SSSR count). The van der Waals surface area contributed by atoms with Crippen molar-refractivity contribution in [2.24, 2.45) is 7.05 Å². The van der Waals surface area contributed by atoms with Crippen molar-refractivity contribution in [3.05, 3.63) is 30.5 Å². The van der Waals surface area contributed by atoms with Gasteiger partial charge < -0.3 is 18.3 Å². The normalized spacial score (nSPS) is 31.3. The number of aromatic nitrogens is 1. The molecule has 108 valence electrons. The number of rotatable bonds is 1. The SMILES string of the molecule is Cn1ccc2ccc([B-]34OC(=O)C[N+]3(C)CC(=O)O4)cc21. The van der Waals surface area contributed by atoms with Crippen LogP contribution < -0.4 is 5.46 Å². The number of carbonyl (C=O) groups excluding carboxylic acids is 2. The smallest absolute Gasteiger partial charge is 0.596 e. The van der Waals surface area contributed by atoms with Gasteiger partial charge in [-0.3, -0.25) is 9.59 Å². The van der Waals surface area contributed by atoms with Gasteiger partial charge in [0.25, 0.3) is 0 Å². The van der Waals surface area contributed by atoms with E-state index in [1.807, 2.05) is 49.1 Å². The predicted octanol–water partition coefficient (Wildman–Crippen LogP) is -0.116. The van der Waals surface area contributed by atoms with Crippen LogP contribution >= 0.6 is 0 Å². The van der Waals surface area contributed by atoms with Crippen LogP contribution in [0.4, 0.5) is 0 Å². The summed E-state index contributed by atoms with van der Waals surface area (Å²) < 4.78 is 13.2. The first-order chi connectivity index (χ1) is 9.93. The lowest BCUT2D eigenvalue weighted by molar-refractivity contribution is -0.791. The summed E-state index contributed by atoms with van der Waals surface area (Å²) in [6.07, 6.45) is 1.97. The van der Waals surface area contributed by atoms with Crippen molar-refractivity contribution in [2.75, 3.05) is 20.1 Å². The van der Waals surface area contributed by atoms with Crippen molar-refractivity contribution in [3.63, 3.8) is 0 Å². The van der Waals surface area contributed by atoms with Gasteiger partial charge in [-0.1, -0.05) is 18.2 Å². The van der Waals surface area contributed by atoms with Gasteiger partial charge in [-0.05, 0) is 16.9 Å². The van der Waals surface area contributed by atoms with Crippen LogP contribution in [-0.4, -0.2) is 47.7 Å². The maximum Gasteiger partial charge on any atom is 0.614 e. The van der Waals surface area contributed by atoms with Gasteiger partial charge in [-0.2, -0.15) is 0 Å². The molecule has 2 saturated heterocycles. The summed E-state index contributed by atoms with van der Waals surface area (Å²) in [5.74, 6) is -0.644. The molecule has 21 heavy (non-hydrogen) atoms. The van der Waals surface area contributed by atoms with Crippen LogP contribution in [0.5, 0.6) is 0 Å². The number of quaternary nitrogens is 1. The lowest BCUT2D eigenvalue weighted by Crippen LogP contribution is -2.67. The fraction of sp³-hybridized carbons (Fsp3) is 0.286. The molecular formula is C14H15BN2O4. The average molecular weight is 286 g/mol.